The summed E-state index contributed by atoms with van der Waals surface area (Å²) in [7, 11) is 1.61. The van der Waals surface area contributed by atoms with Crippen LogP contribution in [0.4, 0.5) is 10.1 Å². The zero-order valence-corrected chi connectivity index (χ0v) is 10.6. The summed E-state index contributed by atoms with van der Waals surface area (Å²) in [5.74, 6) is 0.477. The Kier molecular flexibility index (Phi) is 3.89. The Hall–Kier alpha value is -1.94. The predicted molar refractivity (Wildman–Crippen MR) is 74.7 cm³/mol. The Morgan fingerprint density at radius 3 is 2.56 bits per heavy atom. The molecule has 0 aliphatic heterocycles. The smallest absolute Gasteiger partial charge is 0.123 e. The van der Waals surface area contributed by atoms with Crippen LogP contribution in [0.5, 0.6) is 5.75 Å². The average Bonchev–Trinajstić information content (AvgIpc) is 2.39. The molecule has 1 N–H and O–H groups in total. The highest BCUT2D eigenvalue weighted by atomic mass is 32.1. The number of hydrogen-bond donors (Lipinski definition) is 1. The Morgan fingerprint density at radius 1 is 1.17 bits per heavy atom. The maximum Gasteiger partial charge on any atom is 0.123 e. The third-order valence-electron chi connectivity index (χ3n) is 2.43. The van der Waals surface area contributed by atoms with Crippen LogP contribution in [-0.2, 0) is 0 Å². The molecule has 0 aliphatic carbocycles. The molecule has 0 saturated heterocycles. The lowest BCUT2D eigenvalue weighted by molar-refractivity contribution is 0.415. The van der Waals surface area contributed by atoms with E-state index in [4.69, 9.17) is 17.0 Å². The van der Waals surface area contributed by atoms with Crippen LogP contribution in [0.15, 0.2) is 48.5 Å². The van der Waals surface area contributed by atoms with Gasteiger partial charge in [-0.2, -0.15) is 0 Å². The summed E-state index contributed by atoms with van der Waals surface area (Å²) >= 11 is 5.25. The first-order valence-corrected chi connectivity index (χ1v) is 5.81. The van der Waals surface area contributed by atoms with Crippen LogP contribution in [-0.4, -0.2) is 12.1 Å². The summed E-state index contributed by atoms with van der Waals surface area (Å²) in [6.45, 7) is 0. The summed E-state index contributed by atoms with van der Waals surface area (Å²) in [5.41, 5.74) is 1.61. The van der Waals surface area contributed by atoms with E-state index in [1.807, 2.05) is 24.3 Å². The van der Waals surface area contributed by atoms with Gasteiger partial charge in [0.25, 0.3) is 0 Å². The van der Waals surface area contributed by atoms with Crippen LogP contribution in [0.3, 0.4) is 0 Å². The molecule has 0 spiro atoms. The highest BCUT2D eigenvalue weighted by Gasteiger charge is 2.02. The zero-order valence-electron chi connectivity index (χ0n) is 9.81. The fourth-order valence-corrected chi connectivity index (χ4v) is 1.76. The second kappa shape index (κ2) is 5.60. The lowest BCUT2D eigenvalue weighted by Crippen LogP contribution is -2.10. The summed E-state index contributed by atoms with van der Waals surface area (Å²) in [4.78, 5) is 0.545. The average molecular weight is 261 g/mol. The van der Waals surface area contributed by atoms with Crippen molar-refractivity contribution in [1.29, 1.82) is 0 Å². The molecule has 0 saturated carbocycles. The number of hydrogen-bond acceptors (Lipinski definition) is 2. The summed E-state index contributed by atoms with van der Waals surface area (Å²) in [5, 5.41) is 3.08. The molecule has 0 heterocycles. The lowest BCUT2D eigenvalue weighted by atomic mass is 10.2. The molecule has 0 amide bonds. The summed E-state index contributed by atoms with van der Waals surface area (Å²) in [6.07, 6.45) is 0. The van der Waals surface area contributed by atoms with Gasteiger partial charge in [0, 0.05) is 17.3 Å². The Bertz CT molecular complexity index is 554. The van der Waals surface area contributed by atoms with E-state index in [0.29, 0.717) is 4.99 Å². The molecule has 0 unspecified atom stereocenters. The molecule has 0 bridgehead atoms. The minimum atomic E-state index is -0.275. The van der Waals surface area contributed by atoms with Crippen molar-refractivity contribution in [3.05, 3.63) is 59.9 Å². The van der Waals surface area contributed by atoms with Crippen LogP contribution < -0.4 is 10.1 Å². The Labute approximate surface area is 110 Å². The van der Waals surface area contributed by atoms with Gasteiger partial charge in [-0.3, -0.25) is 0 Å². The SMILES string of the molecule is COc1cccc(NC(=S)c2ccc(F)cc2)c1. The number of thiocarbonyl (C=S) groups is 1. The van der Waals surface area contributed by atoms with Crippen molar-refractivity contribution in [2.45, 2.75) is 0 Å². The normalized spacial score (nSPS) is 9.89. The maximum atomic E-state index is 12.8. The molecule has 2 aromatic carbocycles. The van der Waals surface area contributed by atoms with Crippen molar-refractivity contribution in [2.75, 3.05) is 12.4 Å². The van der Waals surface area contributed by atoms with E-state index in [0.717, 1.165) is 17.0 Å². The standard InChI is InChI=1S/C14H12FNOS/c1-17-13-4-2-3-12(9-13)16-14(18)10-5-7-11(15)8-6-10/h2-9H,1H3,(H,16,18). The number of halogens is 1. The van der Waals surface area contributed by atoms with Crippen molar-refractivity contribution in [1.82, 2.24) is 0 Å². The van der Waals surface area contributed by atoms with Crippen LogP contribution in [0.2, 0.25) is 0 Å². The molecule has 4 heteroatoms. The molecule has 0 atom stereocenters. The zero-order chi connectivity index (χ0) is 13.0. The van der Waals surface area contributed by atoms with Gasteiger partial charge in [0.1, 0.15) is 16.6 Å². The topological polar surface area (TPSA) is 21.3 Å². The largest absolute Gasteiger partial charge is 0.497 e. The number of nitrogens with one attached hydrogen (secondary N) is 1. The second-order valence-corrected chi connectivity index (χ2v) is 4.10. The fourth-order valence-electron chi connectivity index (χ4n) is 1.51. The van der Waals surface area contributed by atoms with E-state index in [-0.39, 0.29) is 5.82 Å². The molecule has 2 nitrogen and oxygen atoms in total. The number of ether oxygens (including phenoxy) is 1. The lowest BCUT2D eigenvalue weighted by Gasteiger charge is -2.09. The van der Waals surface area contributed by atoms with Crippen molar-refractivity contribution >= 4 is 22.9 Å². The van der Waals surface area contributed by atoms with E-state index < -0.39 is 0 Å². The maximum absolute atomic E-state index is 12.8. The Balaban J connectivity index is 2.13. The first-order valence-electron chi connectivity index (χ1n) is 5.40. The number of rotatable bonds is 3. The third kappa shape index (κ3) is 3.05. The second-order valence-electron chi connectivity index (χ2n) is 3.69. The molecule has 18 heavy (non-hydrogen) atoms. The van der Waals surface area contributed by atoms with Crippen LogP contribution in [0, 0.1) is 5.82 Å². The number of methoxy groups -OCH3 is 1. The molecule has 2 aromatic rings. The van der Waals surface area contributed by atoms with Crippen molar-refractivity contribution in [3.8, 4) is 5.75 Å². The van der Waals surface area contributed by atoms with Gasteiger partial charge in [-0.15, -0.1) is 0 Å². The monoisotopic (exact) mass is 261 g/mol. The molecule has 0 aromatic heterocycles. The van der Waals surface area contributed by atoms with E-state index in [1.165, 1.54) is 12.1 Å². The van der Waals surface area contributed by atoms with Gasteiger partial charge in [0.2, 0.25) is 0 Å². The molecule has 0 radical (unpaired) electrons. The van der Waals surface area contributed by atoms with Gasteiger partial charge in [-0.1, -0.05) is 18.3 Å². The third-order valence-corrected chi connectivity index (χ3v) is 2.77. The van der Waals surface area contributed by atoms with Crippen molar-refractivity contribution in [3.63, 3.8) is 0 Å². The van der Waals surface area contributed by atoms with Crippen LogP contribution >= 0.6 is 12.2 Å². The first-order chi connectivity index (χ1) is 8.69. The number of benzene rings is 2. The van der Waals surface area contributed by atoms with Crippen molar-refractivity contribution in [2.24, 2.45) is 0 Å². The molecule has 2 rings (SSSR count). The van der Waals surface area contributed by atoms with Gasteiger partial charge < -0.3 is 10.1 Å². The number of anilines is 1. The first kappa shape index (κ1) is 12.5. The highest BCUT2D eigenvalue weighted by Crippen LogP contribution is 2.17. The van der Waals surface area contributed by atoms with Gasteiger partial charge in [0.05, 0.1) is 7.11 Å². The minimum Gasteiger partial charge on any atom is -0.497 e. The highest BCUT2D eigenvalue weighted by molar-refractivity contribution is 7.81. The molecular formula is C14H12FNOS. The van der Waals surface area contributed by atoms with Gasteiger partial charge >= 0.3 is 0 Å². The molecule has 0 fully saturated rings. The molecule has 92 valence electrons. The van der Waals surface area contributed by atoms with E-state index in [1.54, 1.807) is 19.2 Å². The van der Waals surface area contributed by atoms with E-state index in [9.17, 15) is 4.39 Å². The van der Waals surface area contributed by atoms with Crippen LogP contribution in [0.25, 0.3) is 0 Å². The predicted octanol–water partition coefficient (Wildman–Crippen LogP) is 3.62. The van der Waals surface area contributed by atoms with Crippen molar-refractivity contribution < 1.29 is 9.13 Å². The summed E-state index contributed by atoms with van der Waals surface area (Å²) in [6, 6.07) is 13.5. The fraction of sp³-hybridized carbons (Fsp3) is 0.0714. The minimum absolute atomic E-state index is 0.275. The van der Waals surface area contributed by atoms with Crippen LogP contribution in [0.1, 0.15) is 5.56 Å². The Morgan fingerprint density at radius 2 is 1.89 bits per heavy atom. The molecular weight excluding hydrogens is 249 g/mol. The van der Waals surface area contributed by atoms with E-state index in [2.05, 4.69) is 5.32 Å². The van der Waals surface area contributed by atoms with Gasteiger partial charge in [-0.05, 0) is 36.4 Å². The van der Waals surface area contributed by atoms with Gasteiger partial charge in [-0.25, -0.2) is 4.39 Å². The summed E-state index contributed by atoms with van der Waals surface area (Å²) < 4.78 is 17.9. The quantitative estimate of drug-likeness (QED) is 0.853. The molecule has 0 aliphatic rings. The van der Waals surface area contributed by atoms with E-state index >= 15 is 0 Å². The van der Waals surface area contributed by atoms with Gasteiger partial charge in [0.15, 0.2) is 0 Å².